The molecule has 0 aliphatic rings. The Hall–Kier alpha value is -2.87. The van der Waals surface area contributed by atoms with Gasteiger partial charge in [-0.2, -0.15) is 12.6 Å². The van der Waals surface area contributed by atoms with E-state index < -0.39 is 66.1 Å². The molecule has 0 fully saturated rings. The Bertz CT molecular complexity index is 702. The molecule has 176 valence electrons. The summed E-state index contributed by atoms with van der Waals surface area (Å²) in [5.74, 6) is -6.12. The fourth-order valence-electron chi connectivity index (χ4n) is 2.27. The number of aliphatic carboxylic acids is 1. The number of thiol groups is 1. The van der Waals surface area contributed by atoms with Gasteiger partial charge in [-0.3, -0.25) is 24.0 Å². The summed E-state index contributed by atoms with van der Waals surface area (Å²) in [5.41, 5.74) is 16.0. The number of hydrogen-bond donors (Lipinski definition) is 8. The number of carbonyl (C=O) groups excluding carboxylic acids is 5. The highest BCUT2D eigenvalue weighted by Crippen LogP contribution is 2.04. The summed E-state index contributed by atoms with van der Waals surface area (Å²) in [4.78, 5) is 70.8. The topological polar surface area (TPSA) is 237 Å². The van der Waals surface area contributed by atoms with Gasteiger partial charge in [0.1, 0.15) is 18.1 Å². The van der Waals surface area contributed by atoms with Gasteiger partial charge in [-0.25, -0.2) is 4.79 Å². The lowest BCUT2D eigenvalue weighted by molar-refractivity contribution is -0.141. The number of carboxylic acid groups (broad SMARTS) is 1. The van der Waals surface area contributed by atoms with Crippen molar-refractivity contribution in [1.82, 2.24) is 16.0 Å². The molecule has 0 aromatic carbocycles. The molecule has 0 aliphatic carbocycles. The highest BCUT2D eigenvalue weighted by molar-refractivity contribution is 7.80. The maximum atomic E-state index is 12.7. The Kier molecular flexibility index (Phi) is 12.2. The van der Waals surface area contributed by atoms with Crippen LogP contribution in [0.25, 0.3) is 0 Å². The van der Waals surface area contributed by atoms with Gasteiger partial charge in [-0.05, 0) is 12.3 Å². The smallest absolute Gasteiger partial charge is 0.327 e. The maximum absolute atomic E-state index is 12.7. The van der Waals surface area contributed by atoms with E-state index in [0.717, 1.165) is 0 Å². The van der Waals surface area contributed by atoms with Gasteiger partial charge in [0, 0.05) is 12.2 Å². The Balaban J connectivity index is 5.51. The molecule has 0 aromatic heterocycles. The van der Waals surface area contributed by atoms with E-state index in [0.29, 0.717) is 0 Å². The van der Waals surface area contributed by atoms with Crippen LogP contribution in [0.2, 0.25) is 0 Å². The summed E-state index contributed by atoms with van der Waals surface area (Å²) >= 11 is 3.81. The minimum Gasteiger partial charge on any atom is -0.480 e. The molecule has 5 amide bonds. The van der Waals surface area contributed by atoms with Crippen LogP contribution in [0.5, 0.6) is 0 Å². The van der Waals surface area contributed by atoms with Crippen molar-refractivity contribution in [1.29, 1.82) is 0 Å². The Morgan fingerprint density at radius 1 is 0.839 bits per heavy atom. The van der Waals surface area contributed by atoms with Gasteiger partial charge in [0.05, 0.1) is 12.5 Å². The van der Waals surface area contributed by atoms with E-state index in [1.807, 2.05) is 0 Å². The molecule has 0 saturated heterocycles. The van der Waals surface area contributed by atoms with Crippen LogP contribution in [0.3, 0.4) is 0 Å². The van der Waals surface area contributed by atoms with E-state index in [1.54, 1.807) is 13.8 Å². The Morgan fingerprint density at radius 3 is 1.74 bits per heavy atom. The molecule has 13 nitrogen and oxygen atoms in total. The predicted molar refractivity (Wildman–Crippen MR) is 112 cm³/mol. The van der Waals surface area contributed by atoms with Crippen LogP contribution in [-0.2, 0) is 28.8 Å². The molecule has 0 heterocycles. The molecular weight excluding hydrogens is 432 g/mol. The molecule has 31 heavy (non-hydrogen) atoms. The molecule has 4 atom stereocenters. The van der Waals surface area contributed by atoms with Crippen molar-refractivity contribution in [2.24, 2.45) is 23.1 Å². The zero-order valence-electron chi connectivity index (χ0n) is 17.3. The van der Waals surface area contributed by atoms with E-state index in [2.05, 4.69) is 28.6 Å². The average molecular weight is 463 g/mol. The van der Waals surface area contributed by atoms with Crippen LogP contribution in [0.4, 0.5) is 0 Å². The lowest BCUT2D eigenvalue weighted by atomic mass is 10.0. The van der Waals surface area contributed by atoms with Gasteiger partial charge < -0.3 is 38.3 Å². The fraction of sp³-hybridized carbons (Fsp3) is 0.647. The van der Waals surface area contributed by atoms with E-state index in [1.165, 1.54) is 0 Å². The Morgan fingerprint density at radius 2 is 1.32 bits per heavy atom. The van der Waals surface area contributed by atoms with Crippen molar-refractivity contribution < 1.29 is 33.9 Å². The van der Waals surface area contributed by atoms with Crippen LogP contribution in [0, 0.1) is 5.92 Å². The Labute approximate surface area is 184 Å². The SMILES string of the molecule is CC(C)C(N)C(=O)NC(CCC(N)=O)C(=O)NC(CC(N)=O)C(=O)NC(CS)C(=O)O. The third-order valence-corrected chi connectivity index (χ3v) is 4.53. The highest BCUT2D eigenvalue weighted by Gasteiger charge is 2.31. The minimum absolute atomic E-state index is 0.197. The molecule has 0 spiro atoms. The second-order valence-electron chi connectivity index (χ2n) is 7.15. The first-order valence-corrected chi connectivity index (χ1v) is 10.00. The molecule has 0 aliphatic heterocycles. The summed E-state index contributed by atoms with van der Waals surface area (Å²) < 4.78 is 0. The van der Waals surface area contributed by atoms with Gasteiger partial charge in [0.2, 0.25) is 29.5 Å². The van der Waals surface area contributed by atoms with Crippen LogP contribution < -0.4 is 33.2 Å². The van der Waals surface area contributed by atoms with Crippen molar-refractivity contribution in [2.75, 3.05) is 5.75 Å². The lowest BCUT2D eigenvalue weighted by Gasteiger charge is -2.25. The number of amides is 5. The van der Waals surface area contributed by atoms with Crippen molar-refractivity contribution >= 4 is 48.1 Å². The number of rotatable bonds is 14. The molecule has 0 radical (unpaired) electrons. The first kappa shape index (κ1) is 28.1. The van der Waals surface area contributed by atoms with Gasteiger partial charge in [0.15, 0.2) is 0 Å². The first-order valence-electron chi connectivity index (χ1n) is 9.37. The highest BCUT2D eigenvalue weighted by atomic mass is 32.1. The molecular formula is C17H30N6O7S. The van der Waals surface area contributed by atoms with Crippen LogP contribution >= 0.6 is 12.6 Å². The van der Waals surface area contributed by atoms with E-state index in [4.69, 9.17) is 22.3 Å². The van der Waals surface area contributed by atoms with E-state index in [-0.39, 0.29) is 24.5 Å². The van der Waals surface area contributed by atoms with Crippen molar-refractivity contribution in [3.8, 4) is 0 Å². The standard InChI is InChI=1S/C17H30N6O7S/c1-7(2)13(20)16(28)21-8(3-4-11(18)24)14(26)22-9(5-12(19)25)15(27)23-10(6-31)17(29)30/h7-10,13,31H,3-6,20H2,1-2H3,(H2,18,24)(H2,19,25)(H,21,28)(H,22,26)(H,23,27)(H,29,30). The summed E-state index contributed by atoms with van der Waals surface area (Å²) in [6.45, 7) is 3.38. The van der Waals surface area contributed by atoms with Crippen molar-refractivity contribution in [2.45, 2.75) is 57.3 Å². The molecule has 10 N–H and O–H groups in total. The van der Waals surface area contributed by atoms with E-state index >= 15 is 0 Å². The normalized spacial score (nSPS) is 14.6. The molecule has 0 aromatic rings. The van der Waals surface area contributed by atoms with Crippen LogP contribution in [0.15, 0.2) is 0 Å². The summed E-state index contributed by atoms with van der Waals surface area (Å²) in [6, 6.07) is -5.15. The quantitative estimate of drug-likeness (QED) is 0.121. The third kappa shape index (κ3) is 10.6. The number of hydrogen-bond acceptors (Lipinski definition) is 8. The molecule has 0 bridgehead atoms. The minimum atomic E-state index is -1.53. The zero-order valence-corrected chi connectivity index (χ0v) is 18.2. The fourth-order valence-corrected chi connectivity index (χ4v) is 2.51. The van der Waals surface area contributed by atoms with Gasteiger partial charge >= 0.3 is 5.97 Å². The van der Waals surface area contributed by atoms with Crippen molar-refractivity contribution in [3.05, 3.63) is 0 Å². The zero-order chi connectivity index (χ0) is 24.3. The number of carboxylic acids is 1. The lowest BCUT2D eigenvalue weighted by Crippen LogP contribution is -2.58. The third-order valence-electron chi connectivity index (χ3n) is 4.17. The summed E-state index contributed by atoms with van der Waals surface area (Å²) in [6.07, 6.45) is -1.10. The second kappa shape index (κ2) is 13.4. The first-order chi connectivity index (χ1) is 14.3. The number of nitrogens with two attached hydrogens (primary N) is 3. The van der Waals surface area contributed by atoms with Crippen LogP contribution in [-0.4, -0.2) is 70.5 Å². The molecule has 0 saturated carbocycles. The van der Waals surface area contributed by atoms with Gasteiger partial charge in [-0.1, -0.05) is 13.8 Å². The second-order valence-corrected chi connectivity index (χ2v) is 7.51. The average Bonchev–Trinajstić information content (AvgIpc) is 2.66. The summed E-state index contributed by atoms with van der Waals surface area (Å²) in [5, 5.41) is 15.8. The molecule has 14 heteroatoms. The number of nitrogens with one attached hydrogen (secondary N) is 3. The monoisotopic (exact) mass is 462 g/mol. The van der Waals surface area contributed by atoms with Crippen molar-refractivity contribution in [3.63, 3.8) is 0 Å². The largest absolute Gasteiger partial charge is 0.480 e. The van der Waals surface area contributed by atoms with E-state index in [9.17, 15) is 28.8 Å². The van der Waals surface area contributed by atoms with Gasteiger partial charge in [-0.15, -0.1) is 0 Å². The predicted octanol–water partition coefficient (Wildman–Crippen LogP) is -3.42. The summed E-state index contributed by atoms with van der Waals surface area (Å²) in [7, 11) is 0. The maximum Gasteiger partial charge on any atom is 0.327 e. The number of carbonyl (C=O) groups is 6. The molecule has 4 unspecified atom stereocenters. The molecule has 0 rings (SSSR count). The van der Waals surface area contributed by atoms with Crippen LogP contribution in [0.1, 0.15) is 33.1 Å². The van der Waals surface area contributed by atoms with Gasteiger partial charge in [0.25, 0.3) is 0 Å². The number of primary amides is 2.